The summed E-state index contributed by atoms with van der Waals surface area (Å²) in [7, 11) is 1.74. The Hall–Kier alpha value is -2.22. The summed E-state index contributed by atoms with van der Waals surface area (Å²) in [6.07, 6.45) is 8.41. The summed E-state index contributed by atoms with van der Waals surface area (Å²) < 4.78 is 6.99. The van der Waals surface area contributed by atoms with E-state index in [2.05, 4.69) is 11.9 Å². The largest absolute Gasteiger partial charge is 0.458 e. The molecule has 1 saturated carbocycles. The first-order chi connectivity index (χ1) is 13.9. The number of thiophene rings is 1. The molecule has 158 valence electrons. The number of fused-ring (bicyclic) bond motifs is 1. The number of unbranched alkanes of at least 4 members (excludes halogenated alkanes) is 1. The second-order valence-electron chi connectivity index (χ2n) is 7.75. The molecule has 0 saturated heterocycles. The van der Waals surface area contributed by atoms with Crippen LogP contribution >= 0.6 is 11.3 Å². The lowest BCUT2D eigenvalue weighted by Crippen LogP contribution is -2.34. The van der Waals surface area contributed by atoms with E-state index >= 15 is 0 Å². The lowest BCUT2D eigenvalue weighted by molar-refractivity contribution is -0.130. The molecule has 8 heteroatoms. The number of aromatic nitrogens is 2. The van der Waals surface area contributed by atoms with Crippen molar-refractivity contribution in [2.24, 2.45) is 0 Å². The number of amides is 1. The number of hydrogen-bond acceptors (Lipinski definition) is 6. The molecule has 2 aromatic rings. The highest BCUT2D eigenvalue weighted by Crippen LogP contribution is 2.29. The van der Waals surface area contributed by atoms with Gasteiger partial charge in [0.25, 0.3) is 5.56 Å². The molecule has 0 bridgehead atoms. The Morgan fingerprint density at radius 1 is 1.31 bits per heavy atom. The third-order valence-corrected chi connectivity index (χ3v) is 6.69. The Bertz CT molecular complexity index is 943. The topological polar surface area (TPSA) is 81.5 Å². The smallest absolute Gasteiger partial charge is 0.348 e. The van der Waals surface area contributed by atoms with Crippen molar-refractivity contribution in [1.29, 1.82) is 0 Å². The first-order valence-corrected chi connectivity index (χ1v) is 11.2. The Labute approximate surface area is 174 Å². The molecule has 1 amide bonds. The van der Waals surface area contributed by atoms with Crippen LogP contribution in [-0.2, 0) is 16.1 Å². The molecule has 0 atom stereocenters. The molecule has 0 spiro atoms. The molecule has 3 rings (SSSR count). The minimum Gasteiger partial charge on any atom is -0.458 e. The van der Waals surface area contributed by atoms with Crippen molar-refractivity contribution >= 4 is 33.4 Å². The van der Waals surface area contributed by atoms with Gasteiger partial charge in [0.2, 0.25) is 5.91 Å². The van der Waals surface area contributed by atoms with Crippen LogP contribution in [0.1, 0.15) is 67.1 Å². The number of likely N-dealkylation sites (N-methyl/N-ethyl adjacent to an activating group) is 1. The van der Waals surface area contributed by atoms with E-state index in [0.29, 0.717) is 27.2 Å². The third-order valence-electron chi connectivity index (χ3n) is 5.51. The lowest BCUT2D eigenvalue weighted by Gasteiger charge is -2.21. The van der Waals surface area contributed by atoms with Gasteiger partial charge in [-0.1, -0.05) is 19.8 Å². The standard InChI is InChI=1S/C21H29N3O4S/c1-4-5-11-23(3)16(25)12-24-13-22-19-17(20(24)26)14(2)18(29-19)21(27)28-15-9-7-6-8-10-15/h13,15H,4-12H2,1-3H3. The fourth-order valence-corrected chi connectivity index (χ4v) is 4.66. The minimum absolute atomic E-state index is 0.0400. The van der Waals surface area contributed by atoms with Gasteiger partial charge < -0.3 is 9.64 Å². The maximum Gasteiger partial charge on any atom is 0.348 e. The number of aryl methyl sites for hydroxylation is 1. The molecule has 29 heavy (non-hydrogen) atoms. The van der Waals surface area contributed by atoms with Gasteiger partial charge in [0.05, 0.1) is 11.7 Å². The quantitative estimate of drug-likeness (QED) is 0.642. The summed E-state index contributed by atoms with van der Waals surface area (Å²) in [5.74, 6) is -0.509. The summed E-state index contributed by atoms with van der Waals surface area (Å²) in [6.45, 7) is 4.42. The highest BCUT2D eigenvalue weighted by atomic mass is 32.1. The zero-order chi connectivity index (χ0) is 21.0. The highest BCUT2D eigenvalue weighted by Gasteiger charge is 2.24. The van der Waals surface area contributed by atoms with Crippen LogP contribution in [0.5, 0.6) is 0 Å². The molecule has 2 heterocycles. The predicted molar refractivity (Wildman–Crippen MR) is 113 cm³/mol. The molecule has 0 radical (unpaired) electrons. The third kappa shape index (κ3) is 4.86. The van der Waals surface area contributed by atoms with Crippen molar-refractivity contribution in [2.75, 3.05) is 13.6 Å². The van der Waals surface area contributed by atoms with E-state index in [4.69, 9.17) is 4.74 Å². The fraction of sp³-hybridized carbons (Fsp3) is 0.619. The van der Waals surface area contributed by atoms with Crippen LogP contribution < -0.4 is 5.56 Å². The lowest BCUT2D eigenvalue weighted by atomic mass is 9.98. The molecule has 7 nitrogen and oxygen atoms in total. The molecular formula is C21H29N3O4S. The van der Waals surface area contributed by atoms with Crippen molar-refractivity contribution in [3.05, 3.63) is 27.1 Å². The van der Waals surface area contributed by atoms with E-state index < -0.39 is 0 Å². The molecule has 2 aromatic heterocycles. The van der Waals surface area contributed by atoms with E-state index in [0.717, 1.165) is 38.5 Å². The second kappa shape index (κ2) is 9.52. The molecule has 1 fully saturated rings. The highest BCUT2D eigenvalue weighted by molar-refractivity contribution is 7.20. The molecule has 1 aliphatic rings. The number of rotatable bonds is 7. The number of esters is 1. The van der Waals surface area contributed by atoms with E-state index in [1.54, 1.807) is 18.9 Å². The number of ether oxygens (including phenoxy) is 1. The van der Waals surface area contributed by atoms with Gasteiger partial charge in [0.15, 0.2) is 0 Å². The normalized spacial score (nSPS) is 14.9. The van der Waals surface area contributed by atoms with Gasteiger partial charge in [-0.25, -0.2) is 9.78 Å². The number of carbonyl (C=O) groups is 2. The second-order valence-corrected chi connectivity index (χ2v) is 8.75. The van der Waals surface area contributed by atoms with Gasteiger partial charge in [-0.15, -0.1) is 11.3 Å². The molecular weight excluding hydrogens is 390 g/mol. The van der Waals surface area contributed by atoms with Gasteiger partial charge in [0, 0.05) is 13.6 Å². The van der Waals surface area contributed by atoms with Gasteiger partial charge in [-0.2, -0.15) is 0 Å². The Morgan fingerprint density at radius 3 is 2.72 bits per heavy atom. The SMILES string of the molecule is CCCCN(C)C(=O)Cn1cnc2sc(C(=O)OC3CCCCC3)c(C)c2c1=O. The fourth-order valence-electron chi connectivity index (χ4n) is 3.64. The first-order valence-electron chi connectivity index (χ1n) is 10.4. The average Bonchev–Trinajstić information content (AvgIpc) is 3.06. The number of hydrogen-bond donors (Lipinski definition) is 0. The van der Waals surface area contributed by atoms with Crippen LogP contribution in [0.4, 0.5) is 0 Å². The Morgan fingerprint density at radius 2 is 2.03 bits per heavy atom. The van der Waals surface area contributed by atoms with E-state index in [-0.39, 0.29) is 30.1 Å². The Kier molecular flexibility index (Phi) is 7.05. The van der Waals surface area contributed by atoms with Crippen LogP contribution in [0, 0.1) is 6.92 Å². The van der Waals surface area contributed by atoms with Gasteiger partial charge in [-0.3, -0.25) is 14.2 Å². The van der Waals surface area contributed by atoms with Crippen molar-refractivity contribution < 1.29 is 14.3 Å². The summed E-state index contributed by atoms with van der Waals surface area (Å²) in [6, 6.07) is 0. The molecule has 0 N–H and O–H groups in total. The average molecular weight is 420 g/mol. The van der Waals surface area contributed by atoms with Gasteiger partial charge in [-0.05, 0) is 44.6 Å². The number of carbonyl (C=O) groups excluding carboxylic acids is 2. The van der Waals surface area contributed by atoms with Crippen molar-refractivity contribution in [2.45, 2.75) is 71.4 Å². The van der Waals surface area contributed by atoms with E-state index in [1.165, 1.54) is 28.7 Å². The molecule has 0 aliphatic heterocycles. The van der Waals surface area contributed by atoms with Crippen LogP contribution in [-0.4, -0.2) is 46.0 Å². The Balaban J connectivity index is 1.81. The van der Waals surface area contributed by atoms with Crippen molar-refractivity contribution in [1.82, 2.24) is 14.5 Å². The summed E-state index contributed by atoms with van der Waals surface area (Å²) in [5, 5.41) is 0.400. The van der Waals surface area contributed by atoms with Crippen LogP contribution in [0.25, 0.3) is 10.2 Å². The van der Waals surface area contributed by atoms with Crippen LogP contribution in [0.3, 0.4) is 0 Å². The summed E-state index contributed by atoms with van der Waals surface area (Å²) >= 11 is 1.19. The molecule has 0 unspecified atom stereocenters. The predicted octanol–water partition coefficient (Wildman–Crippen LogP) is 3.51. The zero-order valence-electron chi connectivity index (χ0n) is 17.4. The minimum atomic E-state index is -0.376. The van der Waals surface area contributed by atoms with E-state index in [9.17, 15) is 14.4 Å². The van der Waals surface area contributed by atoms with Crippen LogP contribution in [0.2, 0.25) is 0 Å². The van der Waals surface area contributed by atoms with Gasteiger partial charge in [0.1, 0.15) is 22.4 Å². The van der Waals surface area contributed by atoms with Gasteiger partial charge >= 0.3 is 5.97 Å². The first kappa shape index (κ1) is 21.5. The molecule has 0 aromatic carbocycles. The monoisotopic (exact) mass is 419 g/mol. The summed E-state index contributed by atoms with van der Waals surface area (Å²) in [5.41, 5.74) is 0.294. The molecule has 1 aliphatic carbocycles. The number of nitrogens with zero attached hydrogens (tertiary/aromatic N) is 3. The van der Waals surface area contributed by atoms with Crippen LogP contribution in [0.15, 0.2) is 11.1 Å². The van der Waals surface area contributed by atoms with E-state index in [1.807, 2.05) is 0 Å². The summed E-state index contributed by atoms with van der Waals surface area (Å²) in [4.78, 5) is 44.9. The van der Waals surface area contributed by atoms with Crippen molar-refractivity contribution in [3.63, 3.8) is 0 Å². The maximum absolute atomic E-state index is 13.0. The maximum atomic E-state index is 13.0. The van der Waals surface area contributed by atoms with Crippen molar-refractivity contribution in [3.8, 4) is 0 Å². The zero-order valence-corrected chi connectivity index (χ0v) is 18.2.